The third kappa shape index (κ3) is 4.69. The molecule has 4 aromatic rings. The molecule has 0 aliphatic carbocycles. The topological polar surface area (TPSA) is 64.8 Å². The summed E-state index contributed by atoms with van der Waals surface area (Å²) in [6.07, 6.45) is 7.63. The minimum absolute atomic E-state index is 0.163. The first kappa shape index (κ1) is 24.0. The maximum absolute atomic E-state index is 12.9. The number of aryl methyl sites for hydroxylation is 1. The van der Waals surface area contributed by atoms with Crippen molar-refractivity contribution in [3.63, 3.8) is 0 Å². The summed E-state index contributed by atoms with van der Waals surface area (Å²) in [5.74, 6) is 1.35. The predicted molar refractivity (Wildman–Crippen MR) is 134 cm³/mol. The average Bonchev–Trinajstić information content (AvgIpc) is 3.19. The number of hydrogen-bond donors (Lipinski definition) is 0. The monoisotopic (exact) mass is 493 g/mol. The van der Waals surface area contributed by atoms with Crippen LogP contribution in [0, 0.1) is 6.92 Å². The highest BCUT2D eigenvalue weighted by molar-refractivity contribution is 5.70. The summed E-state index contributed by atoms with van der Waals surface area (Å²) in [7, 11) is 1.61. The van der Waals surface area contributed by atoms with Crippen molar-refractivity contribution in [1.82, 2.24) is 19.4 Å². The highest BCUT2D eigenvalue weighted by Gasteiger charge is 2.23. The molecule has 4 heterocycles. The van der Waals surface area contributed by atoms with Crippen molar-refractivity contribution < 1.29 is 18.3 Å². The summed E-state index contributed by atoms with van der Waals surface area (Å²) >= 11 is 0. The van der Waals surface area contributed by atoms with E-state index in [1.54, 1.807) is 31.5 Å². The largest absolute Gasteiger partial charge is 0.480 e. The summed E-state index contributed by atoms with van der Waals surface area (Å²) in [4.78, 5) is 16.3. The van der Waals surface area contributed by atoms with Crippen molar-refractivity contribution in [1.29, 1.82) is 0 Å². The highest BCUT2D eigenvalue weighted by atomic mass is 19.3. The molecule has 1 aliphatic heterocycles. The van der Waals surface area contributed by atoms with E-state index in [1.165, 1.54) is 6.42 Å². The van der Waals surface area contributed by atoms with Crippen LogP contribution in [-0.2, 0) is 6.42 Å². The fourth-order valence-electron chi connectivity index (χ4n) is 4.87. The molecule has 0 radical (unpaired) electrons. The van der Waals surface area contributed by atoms with Crippen LogP contribution < -0.4 is 14.4 Å². The Kier molecular flexibility index (Phi) is 6.71. The molecule has 0 amide bonds. The number of anilines is 1. The van der Waals surface area contributed by atoms with Gasteiger partial charge in [-0.25, -0.2) is 9.97 Å². The summed E-state index contributed by atoms with van der Waals surface area (Å²) < 4.78 is 38.2. The van der Waals surface area contributed by atoms with Gasteiger partial charge in [-0.3, -0.25) is 0 Å². The maximum atomic E-state index is 12.9. The summed E-state index contributed by atoms with van der Waals surface area (Å²) in [6.45, 7) is 2.16. The van der Waals surface area contributed by atoms with Gasteiger partial charge >= 0.3 is 6.61 Å². The number of rotatable bonds is 7. The number of piperidine rings is 1. The van der Waals surface area contributed by atoms with E-state index in [1.807, 2.05) is 35.7 Å². The predicted octanol–water partition coefficient (Wildman–Crippen LogP) is 5.68. The van der Waals surface area contributed by atoms with Gasteiger partial charge in [0.1, 0.15) is 11.4 Å². The quantitative estimate of drug-likeness (QED) is 0.330. The van der Waals surface area contributed by atoms with Crippen molar-refractivity contribution in [2.45, 2.75) is 52.2 Å². The lowest BCUT2D eigenvalue weighted by atomic mass is 10.0. The van der Waals surface area contributed by atoms with Crippen LogP contribution in [0.3, 0.4) is 0 Å². The Morgan fingerprint density at radius 2 is 1.94 bits per heavy atom. The standard InChI is InChI=1S/C27H29F2N5O2/c1-17-8-6-7-13-33(17)27-30-15-21(25(32-27)35-3)20-11-12-24-31-18(2)22(34(24)16-20)14-19-9-4-5-10-23(19)36-26(28)29/h4-5,9-12,15-17,26H,6-8,13-14H2,1-3H3. The first-order valence-corrected chi connectivity index (χ1v) is 12.1. The van der Waals surface area contributed by atoms with Crippen LogP contribution in [0.4, 0.5) is 14.7 Å². The zero-order chi connectivity index (χ0) is 25.2. The number of aromatic nitrogens is 4. The zero-order valence-corrected chi connectivity index (χ0v) is 20.6. The molecule has 1 atom stereocenters. The molecule has 0 saturated carbocycles. The van der Waals surface area contributed by atoms with Gasteiger partial charge in [0.15, 0.2) is 0 Å². The van der Waals surface area contributed by atoms with Crippen molar-refractivity contribution >= 4 is 11.6 Å². The molecule has 3 aromatic heterocycles. The lowest BCUT2D eigenvalue weighted by Gasteiger charge is -2.33. The minimum atomic E-state index is -2.88. The third-order valence-corrected chi connectivity index (χ3v) is 6.77. The molecule has 36 heavy (non-hydrogen) atoms. The van der Waals surface area contributed by atoms with E-state index >= 15 is 0 Å². The van der Waals surface area contributed by atoms with Crippen molar-refractivity contribution in [2.75, 3.05) is 18.6 Å². The Hall–Kier alpha value is -3.75. The van der Waals surface area contributed by atoms with E-state index < -0.39 is 6.61 Å². The second kappa shape index (κ2) is 10.1. The van der Waals surface area contributed by atoms with Crippen LogP contribution in [0.2, 0.25) is 0 Å². The number of nitrogens with zero attached hydrogens (tertiary/aromatic N) is 5. The number of pyridine rings is 1. The van der Waals surface area contributed by atoms with Gasteiger partial charge < -0.3 is 18.8 Å². The second-order valence-corrected chi connectivity index (χ2v) is 9.08. The number of alkyl halides is 2. The van der Waals surface area contributed by atoms with Gasteiger partial charge in [-0.15, -0.1) is 0 Å². The Morgan fingerprint density at radius 3 is 2.72 bits per heavy atom. The number of imidazole rings is 1. The van der Waals surface area contributed by atoms with Crippen LogP contribution in [0.1, 0.15) is 43.1 Å². The van der Waals surface area contributed by atoms with Crippen LogP contribution >= 0.6 is 0 Å². The average molecular weight is 494 g/mol. The Labute approximate surface area is 208 Å². The number of ether oxygens (including phenoxy) is 2. The molecule has 5 rings (SSSR count). The fourth-order valence-corrected chi connectivity index (χ4v) is 4.87. The van der Waals surface area contributed by atoms with Gasteiger partial charge in [-0.2, -0.15) is 13.8 Å². The molecule has 1 fully saturated rings. The summed E-state index contributed by atoms with van der Waals surface area (Å²) in [5.41, 5.74) is 4.76. The van der Waals surface area contributed by atoms with Crippen LogP contribution in [0.25, 0.3) is 16.8 Å². The van der Waals surface area contributed by atoms with Gasteiger partial charge in [0.25, 0.3) is 0 Å². The lowest BCUT2D eigenvalue weighted by Crippen LogP contribution is -2.38. The minimum Gasteiger partial charge on any atom is -0.480 e. The zero-order valence-electron chi connectivity index (χ0n) is 20.6. The number of para-hydroxylation sites is 1. The van der Waals surface area contributed by atoms with E-state index in [0.717, 1.165) is 47.5 Å². The molecule has 0 bridgehead atoms. The Balaban J connectivity index is 1.52. The van der Waals surface area contributed by atoms with Crippen LogP contribution in [-0.4, -0.2) is 45.7 Å². The molecule has 7 nitrogen and oxygen atoms in total. The van der Waals surface area contributed by atoms with E-state index in [2.05, 4.69) is 21.8 Å². The van der Waals surface area contributed by atoms with Crippen molar-refractivity contribution in [2.24, 2.45) is 0 Å². The lowest BCUT2D eigenvalue weighted by molar-refractivity contribution is -0.0503. The van der Waals surface area contributed by atoms with E-state index in [9.17, 15) is 8.78 Å². The molecule has 0 N–H and O–H groups in total. The molecule has 188 valence electrons. The second-order valence-electron chi connectivity index (χ2n) is 9.08. The number of fused-ring (bicyclic) bond motifs is 1. The van der Waals surface area contributed by atoms with Crippen LogP contribution in [0.5, 0.6) is 11.6 Å². The van der Waals surface area contributed by atoms with Crippen molar-refractivity contribution in [3.8, 4) is 22.8 Å². The van der Waals surface area contributed by atoms with Gasteiger partial charge in [-0.1, -0.05) is 18.2 Å². The number of halogens is 2. The smallest absolute Gasteiger partial charge is 0.387 e. The number of benzene rings is 1. The van der Waals surface area contributed by atoms with Gasteiger partial charge in [0, 0.05) is 48.2 Å². The molecular weight excluding hydrogens is 464 g/mol. The highest BCUT2D eigenvalue weighted by Crippen LogP contribution is 2.32. The van der Waals surface area contributed by atoms with Crippen LogP contribution in [0.15, 0.2) is 48.8 Å². The third-order valence-electron chi connectivity index (χ3n) is 6.77. The van der Waals surface area contributed by atoms with Gasteiger partial charge in [0.05, 0.1) is 18.4 Å². The molecule has 0 spiro atoms. The number of hydrogen-bond acceptors (Lipinski definition) is 6. The summed E-state index contributed by atoms with van der Waals surface area (Å²) in [5, 5.41) is 0. The summed E-state index contributed by atoms with van der Waals surface area (Å²) in [6, 6.07) is 11.1. The van der Waals surface area contributed by atoms with E-state index in [-0.39, 0.29) is 5.75 Å². The molecule has 1 aliphatic rings. The molecule has 1 aromatic carbocycles. The molecular formula is C27H29F2N5O2. The van der Waals surface area contributed by atoms with E-state index in [0.29, 0.717) is 29.9 Å². The molecule has 1 unspecified atom stereocenters. The Bertz CT molecular complexity index is 1370. The molecule has 9 heteroatoms. The van der Waals surface area contributed by atoms with Gasteiger partial charge in [-0.05, 0) is 51.3 Å². The maximum Gasteiger partial charge on any atom is 0.387 e. The van der Waals surface area contributed by atoms with Gasteiger partial charge in [0.2, 0.25) is 11.8 Å². The first-order valence-electron chi connectivity index (χ1n) is 12.1. The Morgan fingerprint density at radius 1 is 1.11 bits per heavy atom. The van der Waals surface area contributed by atoms with E-state index in [4.69, 9.17) is 14.5 Å². The molecule has 1 saturated heterocycles. The fraction of sp³-hybridized carbons (Fsp3) is 0.370. The van der Waals surface area contributed by atoms with Crippen molar-refractivity contribution in [3.05, 3.63) is 65.7 Å². The number of methoxy groups -OCH3 is 1. The first-order chi connectivity index (χ1) is 17.4. The SMILES string of the molecule is COc1nc(N2CCCCC2C)ncc1-c1ccc2nc(C)c(Cc3ccccc3OC(F)F)n2c1. The normalized spacial score (nSPS) is 16.1.